The Kier molecular flexibility index (Phi) is 6.60. The molecule has 1 aromatic heterocycles. The van der Waals surface area contributed by atoms with Gasteiger partial charge in [-0.1, -0.05) is 31.5 Å². The summed E-state index contributed by atoms with van der Waals surface area (Å²) in [5.41, 5.74) is 0.705. The fourth-order valence-corrected chi connectivity index (χ4v) is 2.85. The van der Waals surface area contributed by atoms with Crippen molar-refractivity contribution in [1.29, 1.82) is 0 Å². The number of nitrogens with zero attached hydrogens (tertiary/aromatic N) is 2. The van der Waals surface area contributed by atoms with Gasteiger partial charge >= 0.3 is 0 Å². The molecule has 1 heterocycles. The zero-order valence-corrected chi connectivity index (χ0v) is 14.8. The van der Waals surface area contributed by atoms with Gasteiger partial charge in [-0.25, -0.2) is 9.37 Å². The van der Waals surface area contributed by atoms with Gasteiger partial charge in [0.2, 0.25) is 0 Å². The highest BCUT2D eigenvalue weighted by Gasteiger charge is 2.10. The molecule has 1 aromatic carbocycles. The third-order valence-electron chi connectivity index (χ3n) is 4.12. The second kappa shape index (κ2) is 8.46. The Hall–Kier alpha value is -1.39. The standard InChI is InChI=1S/C18H25ClFN3/c1-4-23(5-2)10-6-7-13(3)21-18-16(20)11-14-8-9-15(19)12-17(14)22-18/h8-9,11-13H,4-7,10H2,1-3H3,(H,21,22). The largest absolute Gasteiger partial charge is 0.365 e. The first-order valence-electron chi connectivity index (χ1n) is 8.28. The highest BCUT2D eigenvalue weighted by molar-refractivity contribution is 6.31. The Morgan fingerprint density at radius 1 is 1.26 bits per heavy atom. The van der Waals surface area contributed by atoms with Gasteiger partial charge in [-0.3, -0.25) is 0 Å². The maximum atomic E-state index is 14.2. The van der Waals surface area contributed by atoms with Crippen molar-refractivity contribution in [2.75, 3.05) is 25.0 Å². The molecule has 3 nitrogen and oxygen atoms in total. The summed E-state index contributed by atoms with van der Waals surface area (Å²) in [5.74, 6) is -0.0227. The lowest BCUT2D eigenvalue weighted by Crippen LogP contribution is -2.26. The second-order valence-electron chi connectivity index (χ2n) is 5.87. The quantitative estimate of drug-likeness (QED) is 0.738. The topological polar surface area (TPSA) is 28.2 Å². The summed E-state index contributed by atoms with van der Waals surface area (Å²) >= 11 is 5.98. The summed E-state index contributed by atoms with van der Waals surface area (Å²) < 4.78 is 14.2. The van der Waals surface area contributed by atoms with E-state index in [-0.39, 0.29) is 11.9 Å². The third-order valence-corrected chi connectivity index (χ3v) is 4.36. The van der Waals surface area contributed by atoms with Crippen LogP contribution in [0.1, 0.15) is 33.6 Å². The Balaban J connectivity index is 1.98. The minimum atomic E-state index is -0.324. The van der Waals surface area contributed by atoms with Gasteiger partial charge in [0.1, 0.15) is 0 Å². The van der Waals surface area contributed by atoms with Gasteiger partial charge in [0.25, 0.3) is 0 Å². The Morgan fingerprint density at radius 2 is 2.00 bits per heavy atom. The minimum Gasteiger partial charge on any atom is -0.365 e. The molecule has 0 saturated heterocycles. The van der Waals surface area contributed by atoms with Crippen molar-refractivity contribution in [3.8, 4) is 0 Å². The van der Waals surface area contributed by atoms with Crippen molar-refractivity contribution in [2.24, 2.45) is 0 Å². The lowest BCUT2D eigenvalue weighted by atomic mass is 10.1. The fraction of sp³-hybridized carbons (Fsp3) is 0.500. The molecule has 0 saturated carbocycles. The van der Waals surface area contributed by atoms with Crippen LogP contribution in [0.3, 0.4) is 0 Å². The van der Waals surface area contributed by atoms with E-state index in [2.05, 4.69) is 36.0 Å². The lowest BCUT2D eigenvalue weighted by molar-refractivity contribution is 0.295. The average Bonchev–Trinajstić information content (AvgIpc) is 2.53. The maximum Gasteiger partial charge on any atom is 0.166 e. The average molecular weight is 338 g/mol. The van der Waals surface area contributed by atoms with Crippen molar-refractivity contribution >= 4 is 28.3 Å². The van der Waals surface area contributed by atoms with E-state index in [9.17, 15) is 4.39 Å². The number of fused-ring (bicyclic) bond motifs is 1. The van der Waals surface area contributed by atoms with E-state index in [0.717, 1.165) is 37.9 Å². The van der Waals surface area contributed by atoms with Crippen LogP contribution < -0.4 is 5.32 Å². The Morgan fingerprint density at radius 3 is 2.70 bits per heavy atom. The van der Waals surface area contributed by atoms with E-state index in [1.54, 1.807) is 18.2 Å². The summed E-state index contributed by atoms with van der Waals surface area (Å²) in [6, 6.07) is 6.96. The predicted molar refractivity (Wildman–Crippen MR) is 96.8 cm³/mol. The maximum absolute atomic E-state index is 14.2. The third kappa shape index (κ3) is 5.05. The number of hydrogen-bond donors (Lipinski definition) is 1. The summed E-state index contributed by atoms with van der Waals surface area (Å²) in [6.07, 6.45) is 2.06. The number of benzene rings is 1. The summed E-state index contributed by atoms with van der Waals surface area (Å²) in [4.78, 5) is 6.76. The SMILES string of the molecule is CCN(CC)CCCC(C)Nc1nc2cc(Cl)ccc2cc1F. The molecule has 5 heteroatoms. The molecule has 0 fully saturated rings. The summed E-state index contributed by atoms with van der Waals surface area (Å²) in [5, 5.41) is 4.55. The van der Waals surface area contributed by atoms with Crippen molar-refractivity contribution in [2.45, 2.75) is 39.7 Å². The van der Waals surface area contributed by atoms with Gasteiger partial charge in [0.15, 0.2) is 11.6 Å². The molecule has 0 aliphatic rings. The van der Waals surface area contributed by atoms with Crippen LogP contribution in [0, 0.1) is 5.82 Å². The summed E-state index contributed by atoms with van der Waals surface area (Å²) in [7, 11) is 0. The molecular formula is C18H25ClFN3. The molecule has 2 aromatic rings. The van der Waals surface area contributed by atoms with Crippen LogP contribution in [0.4, 0.5) is 10.2 Å². The van der Waals surface area contributed by atoms with E-state index in [0.29, 0.717) is 16.4 Å². The van der Waals surface area contributed by atoms with Crippen LogP contribution in [0.5, 0.6) is 0 Å². The van der Waals surface area contributed by atoms with Crippen LogP contribution in [0.15, 0.2) is 24.3 Å². The van der Waals surface area contributed by atoms with Gasteiger partial charge in [0, 0.05) is 16.5 Å². The molecule has 23 heavy (non-hydrogen) atoms. The second-order valence-corrected chi connectivity index (χ2v) is 6.31. The summed E-state index contributed by atoms with van der Waals surface area (Å²) in [6.45, 7) is 9.61. The molecule has 0 aliphatic heterocycles. The van der Waals surface area contributed by atoms with E-state index in [1.165, 1.54) is 6.07 Å². The minimum absolute atomic E-state index is 0.171. The highest BCUT2D eigenvalue weighted by Crippen LogP contribution is 2.23. The fourth-order valence-electron chi connectivity index (χ4n) is 2.68. The molecule has 0 bridgehead atoms. The highest BCUT2D eigenvalue weighted by atomic mass is 35.5. The van der Waals surface area contributed by atoms with Crippen LogP contribution in [-0.2, 0) is 0 Å². The number of anilines is 1. The van der Waals surface area contributed by atoms with Crippen LogP contribution in [-0.4, -0.2) is 35.6 Å². The molecule has 1 N–H and O–H groups in total. The number of aromatic nitrogens is 1. The van der Waals surface area contributed by atoms with Gasteiger partial charge in [-0.15, -0.1) is 0 Å². The normalized spacial score (nSPS) is 12.8. The zero-order valence-electron chi connectivity index (χ0n) is 14.1. The van der Waals surface area contributed by atoms with Crippen molar-refractivity contribution in [1.82, 2.24) is 9.88 Å². The van der Waals surface area contributed by atoms with Crippen molar-refractivity contribution < 1.29 is 4.39 Å². The van der Waals surface area contributed by atoms with E-state index < -0.39 is 0 Å². The van der Waals surface area contributed by atoms with E-state index >= 15 is 0 Å². The van der Waals surface area contributed by atoms with Crippen molar-refractivity contribution in [3.05, 3.63) is 35.1 Å². The van der Waals surface area contributed by atoms with Gasteiger partial charge in [-0.05, 0) is 57.6 Å². The van der Waals surface area contributed by atoms with Crippen LogP contribution in [0.2, 0.25) is 5.02 Å². The zero-order chi connectivity index (χ0) is 16.8. The molecule has 1 atom stereocenters. The molecule has 0 amide bonds. The Labute approximate surface area is 142 Å². The van der Waals surface area contributed by atoms with Gasteiger partial charge < -0.3 is 10.2 Å². The number of hydrogen-bond acceptors (Lipinski definition) is 3. The van der Waals surface area contributed by atoms with Crippen LogP contribution >= 0.6 is 11.6 Å². The van der Waals surface area contributed by atoms with Crippen molar-refractivity contribution in [3.63, 3.8) is 0 Å². The lowest BCUT2D eigenvalue weighted by Gasteiger charge is -2.20. The first-order valence-corrected chi connectivity index (χ1v) is 8.66. The number of nitrogens with one attached hydrogen (secondary N) is 1. The number of rotatable bonds is 8. The number of pyridine rings is 1. The molecular weight excluding hydrogens is 313 g/mol. The van der Waals surface area contributed by atoms with Gasteiger partial charge in [-0.2, -0.15) is 0 Å². The van der Waals surface area contributed by atoms with E-state index in [4.69, 9.17) is 11.6 Å². The molecule has 2 rings (SSSR count). The van der Waals surface area contributed by atoms with Crippen LogP contribution in [0.25, 0.3) is 10.9 Å². The number of halogens is 2. The molecule has 1 unspecified atom stereocenters. The Bertz CT molecular complexity index is 643. The first-order chi connectivity index (χ1) is 11.0. The van der Waals surface area contributed by atoms with Gasteiger partial charge in [0.05, 0.1) is 5.52 Å². The molecule has 126 valence electrons. The molecule has 0 aliphatic carbocycles. The smallest absolute Gasteiger partial charge is 0.166 e. The predicted octanol–water partition coefficient (Wildman–Crippen LogP) is 4.95. The van der Waals surface area contributed by atoms with E-state index in [1.807, 2.05) is 0 Å². The molecule has 0 spiro atoms. The first kappa shape index (κ1) is 18.0. The monoisotopic (exact) mass is 337 g/mol. The molecule has 0 radical (unpaired) electrons.